The fraction of sp³-hybridized carbons (Fsp3) is 0.273. The Labute approximate surface area is 155 Å². The Morgan fingerprint density at radius 2 is 1.62 bits per heavy atom. The summed E-state index contributed by atoms with van der Waals surface area (Å²) in [6.45, 7) is 2.95. The first-order valence-electron chi connectivity index (χ1n) is 9.06. The Bertz CT molecular complexity index is 815. The molecule has 134 valence electrons. The molecule has 26 heavy (non-hydrogen) atoms. The van der Waals surface area contributed by atoms with E-state index in [1.54, 1.807) is 6.20 Å². The molecular formula is C22H26N4. The molecule has 0 unspecified atom stereocenters. The topological polar surface area (TPSA) is 41.0 Å². The molecule has 4 nitrogen and oxygen atoms in total. The van der Waals surface area contributed by atoms with E-state index in [9.17, 15) is 0 Å². The van der Waals surface area contributed by atoms with Crippen LogP contribution in [-0.2, 0) is 6.54 Å². The number of nitrogens with one attached hydrogen (secondary N) is 1. The van der Waals surface area contributed by atoms with Gasteiger partial charge < -0.3 is 10.2 Å². The van der Waals surface area contributed by atoms with Gasteiger partial charge in [0, 0.05) is 18.3 Å². The zero-order chi connectivity index (χ0) is 18.2. The smallest absolute Gasteiger partial charge is 0.0893 e. The summed E-state index contributed by atoms with van der Waals surface area (Å²) in [4.78, 5) is 11.5. The molecule has 0 aliphatic rings. The van der Waals surface area contributed by atoms with Gasteiger partial charge in [-0.1, -0.05) is 36.4 Å². The molecule has 0 amide bonds. The molecule has 0 aliphatic heterocycles. The monoisotopic (exact) mass is 346 g/mol. The van der Waals surface area contributed by atoms with E-state index in [1.165, 1.54) is 11.1 Å². The van der Waals surface area contributed by atoms with Gasteiger partial charge in [-0.2, -0.15) is 0 Å². The highest BCUT2D eigenvalue weighted by Crippen LogP contribution is 2.24. The van der Waals surface area contributed by atoms with Crippen molar-refractivity contribution < 1.29 is 0 Å². The summed E-state index contributed by atoms with van der Waals surface area (Å²) in [6.07, 6.45) is 2.94. The zero-order valence-corrected chi connectivity index (χ0v) is 15.5. The van der Waals surface area contributed by atoms with Crippen molar-refractivity contribution in [1.82, 2.24) is 20.2 Å². The second-order valence-corrected chi connectivity index (χ2v) is 6.61. The minimum Gasteiger partial charge on any atom is -0.313 e. The van der Waals surface area contributed by atoms with Crippen molar-refractivity contribution in [2.75, 3.05) is 27.2 Å². The summed E-state index contributed by atoms with van der Waals surface area (Å²) in [5.41, 5.74) is 5.22. The summed E-state index contributed by atoms with van der Waals surface area (Å²) in [7, 11) is 4.21. The van der Waals surface area contributed by atoms with Gasteiger partial charge in [0.25, 0.3) is 0 Å². The van der Waals surface area contributed by atoms with E-state index < -0.39 is 0 Å². The predicted octanol–water partition coefficient (Wildman–Crippen LogP) is 3.85. The third-order valence-electron chi connectivity index (χ3n) is 4.24. The summed E-state index contributed by atoms with van der Waals surface area (Å²) in [5, 5.41) is 3.55. The maximum atomic E-state index is 4.84. The lowest BCUT2D eigenvalue weighted by molar-refractivity contribution is 0.394. The van der Waals surface area contributed by atoms with Crippen LogP contribution in [0.25, 0.3) is 22.6 Å². The molecule has 0 spiro atoms. The molecule has 2 heterocycles. The third-order valence-corrected chi connectivity index (χ3v) is 4.24. The normalized spacial score (nSPS) is 11.0. The van der Waals surface area contributed by atoms with E-state index in [0.29, 0.717) is 0 Å². The third kappa shape index (κ3) is 4.97. The minimum atomic E-state index is 0.846. The van der Waals surface area contributed by atoms with Crippen LogP contribution in [0.2, 0.25) is 0 Å². The predicted molar refractivity (Wildman–Crippen MR) is 108 cm³/mol. The molecule has 1 N–H and O–H groups in total. The molecule has 0 fully saturated rings. The van der Waals surface area contributed by atoms with Crippen LogP contribution in [0.5, 0.6) is 0 Å². The van der Waals surface area contributed by atoms with E-state index >= 15 is 0 Å². The maximum Gasteiger partial charge on any atom is 0.0893 e. The van der Waals surface area contributed by atoms with Crippen molar-refractivity contribution in [1.29, 1.82) is 0 Å². The first-order chi connectivity index (χ1) is 12.7. The lowest BCUT2D eigenvalue weighted by Crippen LogP contribution is -2.21. The molecule has 0 atom stereocenters. The molecule has 0 saturated heterocycles. The van der Waals surface area contributed by atoms with Crippen LogP contribution in [0.15, 0.2) is 66.9 Å². The van der Waals surface area contributed by atoms with Crippen LogP contribution < -0.4 is 5.32 Å². The number of benzene rings is 1. The van der Waals surface area contributed by atoms with Gasteiger partial charge in [0.15, 0.2) is 0 Å². The second-order valence-electron chi connectivity index (χ2n) is 6.61. The Hall–Kier alpha value is -2.56. The van der Waals surface area contributed by atoms with Crippen molar-refractivity contribution in [3.05, 3.63) is 72.4 Å². The molecule has 0 saturated carbocycles. The van der Waals surface area contributed by atoms with Crippen LogP contribution in [0.4, 0.5) is 0 Å². The Morgan fingerprint density at radius 3 is 2.42 bits per heavy atom. The second kappa shape index (κ2) is 9.22. The lowest BCUT2D eigenvalue weighted by Gasteiger charge is -2.12. The maximum absolute atomic E-state index is 4.84. The zero-order valence-electron chi connectivity index (χ0n) is 15.5. The number of nitrogens with zero attached hydrogens (tertiary/aromatic N) is 3. The summed E-state index contributed by atoms with van der Waals surface area (Å²) in [5.74, 6) is 0. The van der Waals surface area contributed by atoms with Gasteiger partial charge in [-0.25, -0.2) is 4.98 Å². The number of rotatable bonds is 8. The fourth-order valence-corrected chi connectivity index (χ4v) is 2.91. The van der Waals surface area contributed by atoms with E-state index in [2.05, 4.69) is 59.6 Å². The van der Waals surface area contributed by atoms with E-state index in [1.807, 2.05) is 30.3 Å². The first-order valence-corrected chi connectivity index (χ1v) is 9.06. The van der Waals surface area contributed by atoms with Gasteiger partial charge in [-0.3, -0.25) is 4.98 Å². The molecule has 3 aromatic rings. The van der Waals surface area contributed by atoms with Crippen molar-refractivity contribution in [3.63, 3.8) is 0 Å². The fourth-order valence-electron chi connectivity index (χ4n) is 2.91. The highest BCUT2D eigenvalue weighted by Gasteiger charge is 2.08. The van der Waals surface area contributed by atoms with Crippen LogP contribution in [0, 0.1) is 0 Å². The van der Waals surface area contributed by atoms with Gasteiger partial charge in [0.2, 0.25) is 0 Å². The Kier molecular flexibility index (Phi) is 6.47. The Morgan fingerprint density at radius 1 is 0.846 bits per heavy atom. The molecule has 0 radical (unpaired) electrons. The first kappa shape index (κ1) is 18.2. The molecule has 0 bridgehead atoms. The van der Waals surface area contributed by atoms with Crippen LogP contribution >= 0.6 is 0 Å². The number of aromatic nitrogens is 2. The number of hydrogen-bond acceptors (Lipinski definition) is 4. The molecule has 1 aromatic carbocycles. The van der Waals surface area contributed by atoms with Crippen molar-refractivity contribution in [2.24, 2.45) is 0 Å². The largest absolute Gasteiger partial charge is 0.313 e. The molecule has 4 heteroatoms. The molecule has 3 rings (SSSR count). The van der Waals surface area contributed by atoms with Crippen LogP contribution in [0.1, 0.15) is 12.0 Å². The summed E-state index contributed by atoms with van der Waals surface area (Å²) >= 11 is 0. The number of hydrogen-bond donors (Lipinski definition) is 1. The van der Waals surface area contributed by atoms with Crippen LogP contribution in [-0.4, -0.2) is 42.1 Å². The van der Waals surface area contributed by atoms with Crippen molar-refractivity contribution >= 4 is 0 Å². The van der Waals surface area contributed by atoms with E-state index in [4.69, 9.17) is 4.98 Å². The van der Waals surface area contributed by atoms with Gasteiger partial charge in [-0.15, -0.1) is 0 Å². The quantitative estimate of drug-likeness (QED) is 0.629. The van der Waals surface area contributed by atoms with E-state index in [0.717, 1.165) is 43.1 Å². The summed E-state index contributed by atoms with van der Waals surface area (Å²) in [6, 6.07) is 20.5. The highest BCUT2D eigenvalue weighted by molar-refractivity contribution is 5.67. The van der Waals surface area contributed by atoms with Crippen LogP contribution in [0.3, 0.4) is 0 Å². The molecule has 0 aliphatic carbocycles. The molecule has 2 aromatic heterocycles. The Balaban J connectivity index is 1.75. The average molecular weight is 346 g/mol. The van der Waals surface area contributed by atoms with Crippen molar-refractivity contribution in [2.45, 2.75) is 13.0 Å². The standard InChI is InChI=1S/C22H26N4/c1-26(2)16-8-14-23-17-18-9-3-4-10-19(18)20-12-7-13-22(25-20)21-11-5-6-15-24-21/h3-7,9-13,15,23H,8,14,16-17H2,1-2H3. The minimum absolute atomic E-state index is 0.846. The average Bonchev–Trinajstić information content (AvgIpc) is 2.69. The van der Waals surface area contributed by atoms with Gasteiger partial charge in [-0.05, 0) is 63.4 Å². The highest BCUT2D eigenvalue weighted by atomic mass is 15.1. The SMILES string of the molecule is CN(C)CCCNCc1ccccc1-c1cccc(-c2ccccn2)n1. The van der Waals surface area contributed by atoms with Gasteiger partial charge in [0.05, 0.1) is 17.1 Å². The number of pyridine rings is 2. The lowest BCUT2D eigenvalue weighted by atomic mass is 10.0. The van der Waals surface area contributed by atoms with E-state index in [-0.39, 0.29) is 0 Å². The van der Waals surface area contributed by atoms with Gasteiger partial charge >= 0.3 is 0 Å². The van der Waals surface area contributed by atoms with Gasteiger partial charge in [0.1, 0.15) is 0 Å². The molecular weight excluding hydrogens is 320 g/mol. The van der Waals surface area contributed by atoms with Crippen molar-refractivity contribution in [3.8, 4) is 22.6 Å². The summed E-state index contributed by atoms with van der Waals surface area (Å²) < 4.78 is 0.